The minimum atomic E-state index is -1.09. The number of aryl methyl sites for hydroxylation is 1. The Balaban J connectivity index is 1.63. The van der Waals surface area contributed by atoms with Crippen LogP contribution in [0.3, 0.4) is 0 Å². The van der Waals surface area contributed by atoms with Crippen LogP contribution in [0.2, 0.25) is 0 Å². The molecule has 0 saturated heterocycles. The first-order valence-electron chi connectivity index (χ1n) is 10.2. The molecular formula is C25H22N4O4. The molecule has 0 aliphatic rings. The molecule has 1 aromatic heterocycles. The molecule has 3 aromatic carbocycles. The van der Waals surface area contributed by atoms with E-state index in [9.17, 15) is 14.7 Å². The number of carboxylic acids is 1. The molecule has 0 spiro atoms. The van der Waals surface area contributed by atoms with Gasteiger partial charge in [-0.05, 0) is 50.2 Å². The second kappa shape index (κ2) is 8.88. The van der Waals surface area contributed by atoms with E-state index in [1.165, 1.54) is 18.2 Å². The molecule has 4 rings (SSSR count). The number of hydrogen-bond acceptors (Lipinski definition) is 4. The lowest BCUT2D eigenvalue weighted by Crippen LogP contribution is -2.25. The van der Waals surface area contributed by atoms with Gasteiger partial charge in [0.1, 0.15) is 0 Å². The second-order valence-electron chi connectivity index (χ2n) is 7.54. The van der Waals surface area contributed by atoms with Crippen molar-refractivity contribution in [3.8, 4) is 11.6 Å². The van der Waals surface area contributed by atoms with Crippen LogP contribution in [0.4, 0.5) is 10.5 Å². The molecule has 1 heterocycles. The van der Waals surface area contributed by atoms with Gasteiger partial charge in [0, 0.05) is 16.8 Å². The number of carboxylic acid groups (broad SMARTS) is 1. The average molecular weight is 442 g/mol. The van der Waals surface area contributed by atoms with E-state index in [1.807, 2.05) is 55.5 Å². The van der Waals surface area contributed by atoms with Crippen molar-refractivity contribution >= 4 is 34.3 Å². The molecule has 166 valence electrons. The third kappa shape index (κ3) is 4.40. The Morgan fingerprint density at radius 2 is 1.70 bits per heavy atom. The number of para-hydroxylation sites is 1. The van der Waals surface area contributed by atoms with Crippen molar-refractivity contribution in [2.45, 2.75) is 13.8 Å². The number of benzene rings is 3. The van der Waals surface area contributed by atoms with E-state index >= 15 is 0 Å². The summed E-state index contributed by atoms with van der Waals surface area (Å²) in [6.07, 6.45) is 0. The third-order valence-electron chi connectivity index (χ3n) is 5.20. The quantitative estimate of drug-likeness (QED) is 0.260. The number of hydrazone groups is 1. The number of fused-ring (bicyclic) bond motifs is 1. The van der Waals surface area contributed by atoms with Crippen LogP contribution in [0.5, 0.6) is 5.88 Å². The minimum Gasteiger partial charge on any atom is -0.494 e. The lowest BCUT2D eigenvalue weighted by molar-refractivity contribution is 0.0697. The molecular weight excluding hydrogens is 420 g/mol. The van der Waals surface area contributed by atoms with Gasteiger partial charge in [0.2, 0.25) is 5.88 Å². The van der Waals surface area contributed by atoms with Crippen LogP contribution >= 0.6 is 0 Å². The van der Waals surface area contributed by atoms with Gasteiger partial charge >= 0.3 is 12.0 Å². The number of nitrogens with one attached hydrogen (secondary N) is 2. The highest BCUT2D eigenvalue weighted by Crippen LogP contribution is 2.34. The Bertz CT molecular complexity index is 1390. The predicted molar refractivity (Wildman–Crippen MR) is 127 cm³/mol. The van der Waals surface area contributed by atoms with Crippen molar-refractivity contribution < 1.29 is 19.8 Å². The number of nitrogens with zero attached hydrogens (tertiary/aromatic N) is 2. The van der Waals surface area contributed by atoms with Crippen LogP contribution < -0.4 is 10.7 Å². The van der Waals surface area contributed by atoms with Gasteiger partial charge < -0.3 is 15.5 Å². The van der Waals surface area contributed by atoms with Gasteiger partial charge in [-0.3, -0.25) is 4.57 Å². The highest BCUT2D eigenvalue weighted by Gasteiger charge is 2.20. The first-order chi connectivity index (χ1) is 15.8. The van der Waals surface area contributed by atoms with Gasteiger partial charge in [-0.2, -0.15) is 5.10 Å². The second-order valence-corrected chi connectivity index (χ2v) is 7.54. The molecule has 0 unspecified atom stereocenters. The molecule has 0 aliphatic heterocycles. The van der Waals surface area contributed by atoms with E-state index in [1.54, 1.807) is 17.6 Å². The maximum absolute atomic E-state index is 12.3. The number of urea groups is 1. The largest absolute Gasteiger partial charge is 0.494 e. The molecule has 0 saturated carbocycles. The van der Waals surface area contributed by atoms with Crippen molar-refractivity contribution in [2.24, 2.45) is 5.10 Å². The highest BCUT2D eigenvalue weighted by molar-refractivity contribution is 6.13. The number of aromatic carboxylic acids is 1. The molecule has 0 radical (unpaired) electrons. The van der Waals surface area contributed by atoms with Gasteiger partial charge in [-0.1, -0.05) is 42.0 Å². The van der Waals surface area contributed by atoms with Crippen molar-refractivity contribution in [2.75, 3.05) is 5.32 Å². The monoisotopic (exact) mass is 442 g/mol. The fourth-order valence-electron chi connectivity index (χ4n) is 3.62. The molecule has 4 N–H and O–H groups in total. The van der Waals surface area contributed by atoms with Crippen molar-refractivity contribution in [1.82, 2.24) is 9.99 Å². The van der Waals surface area contributed by atoms with Crippen LogP contribution in [0.15, 0.2) is 77.9 Å². The topological polar surface area (TPSA) is 116 Å². The summed E-state index contributed by atoms with van der Waals surface area (Å²) >= 11 is 0. The van der Waals surface area contributed by atoms with Crippen LogP contribution in [0, 0.1) is 6.92 Å². The number of rotatable bonds is 5. The van der Waals surface area contributed by atoms with Crippen LogP contribution in [0.25, 0.3) is 16.6 Å². The first-order valence-corrected chi connectivity index (χ1v) is 10.2. The smallest absolute Gasteiger partial charge is 0.339 e. The molecule has 0 bridgehead atoms. The molecule has 0 atom stereocenters. The van der Waals surface area contributed by atoms with E-state index in [4.69, 9.17) is 5.11 Å². The summed E-state index contributed by atoms with van der Waals surface area (Å²) in [6.45, 7) is 3.68. The lowest BCUT2D eigenvalue weighted by Gasteiger charge is -2.08. The van der Waals surface area contributed by atoms with Crippen molar-refractivity contribution in [3.05, 3.63) is 89.5 Å². The Morgan fingerprint density at radius 3 is 2.42 bits per heavy atom. The number of hydrogen-bond donors (Lipinski definition) is 4. The zero-order chi connectivity index (χ0) is 23.5. The summed E-state index contributed by atoms with van der Waals surface area (Å²) < 4.78 is 1.74. The summed E-state index contributed by atoms with van der Waals surface area (Å²) in [6, 6.07) is 20.6. The van der Waals surface area contributed by atoms with E-state index in [0.29, 0.717) is 17.0 Å². The molecule has 33 heavy (non-hydrogen) atoms. The van der Waals surface area contributed by atoms with Gasteiger partial charge in [-0.25, -0.2) is 15.0 Å². The van der Waals surface area contributed by atoms with Crippen molar-refractivity contribution in [3.63, 3.8) is 0 Å². The van der Waals surface area contributed by atoms with Gasteiger partial charge in [-0.15, -0.1) is 0 Å². The molecule has 2 amide bonds. The number of amides is 2. The van der Waals surface area contributed by atoms with Gasteiger partial charge in [0.15, 0.2) is 0 Å². The van der Waals surface area contributed by atoms with E-state index < -0.39 is 12.0 Å². The Hall–Kier alpha value is -4.59. The standard InChI is InChI=1S/C25H22N4O4/c1-15-10-12-19(13-11-15)29-21-9-4-3-8-20(21)22(23(29)30)16(2)27-28-25(33)26-18-7-5-6-17(14-18)24(31)32/h3-14,30H,1-2H3,(H,31,32)(H2,26,28,33)/b27-16+. The lowest BCUT2D eigenvalue weighted by atomic mass is 10.1. The molecule has 8 nitrogen and oxygen atoms in total. The average Bonchev–Trinajstić information content (AvgIpc) is 3.10. The summed E-state index contributed by atoms with van der Waals surface area (Å²) in [7, 11) is 0. The Kier molecular flexibility index (Phi) is 5.82. The molecule has 8 heteroatoms. The van der Waals surface area contributed by atoms with Crippen molar-refractivity contribution in [1.29, 1.82) is 0 Å². The number of carbonyl (C=O) groups excluding carboxylic acids is 1. The SMILES string of the molecule is C/C(=N\NC(=O)Nc1cccc(C(=O)O)c1)c1c(O)n(-c2ccc(C)cc2)c2ccccc12. The highest BCUT2D eigenvalue weighted by atomic mass is 16.4. The molecule has 0 fully saturated rings. The summed E-state index contributed by atoms with van der Waals surface area (Å²) in [5.41, 5.74) is 6.39. The number of anilines is 1. The summed E-state index contributed by atoms with van der Waals surface area (Å²) in [5.74, 6) is -1.08. The fraction of sp³-hybridized carbons (Fsp3) is 0.0800. The maximum Gasteiger partial charge on any atom is 0.339 e. The van der Waals surface area contributed by atoms with Gasteiger partial charge in [0.25, 0.3) is 0 Å². The Labute approximate surface area is 189 Å². The van der Waals surface area contributed by atoms with Crippen LogP contribution in [-0.4, -0.2) is 32.5 Å². The summed E-state index contributed by atoms with van der Waals surface area (Å²) in [4.78, 5) is 23.4. The van der Waals surface area contributed by atoms with Crippen LogP contribution in [0.1, 0.15) is 28.4 Å². The zero-order valence-corrected chi connectivity index (χ0v) is 18.0. The normalized spacial score (nSPS) is 11.4. The number of aromatic nitrogens is 1. The van der Waals surface area contributed by atoms with E-state index in [-0.39, 0.29) is 11.4 Å². The van der Waals surface area contributed by atoms with Crippen LogP contribution in [-0.2, 0) is 0 Å². The predicted octanol–water partition coefficient (Wildman–Crippen LogP) is 4.89. The van der Waals surface area contributed by atoms with Gasteiger partial charge in [0.05, 0.1) is 22.4 Å². The van der Waals surface area contributed by atoms with E-state index in [2.05, 4.69) is 15.8 Å². The molecule has 4 aromatic rings. The fourth-order valence-corrected chi connectivity index (χ4v) is 3.62. The Morgan fingerprint density at radius 1 is 0.970 bits per heavy atom. The summed E-state index contributed by atoms with van der Waals surface area (Å²) in [5, 5.41) is 27.6. The first kappa shape index (κ1) is 21.6. The third-order valence-corrected chi connectivity index (χ3v) is 5.20. The number of aromatic hydroxyl groups is 1. The zero-order valence-electron chi connectivity index (χ0n) is 18.0. The minimum absolute atomic E-state index is 0.0117. The van der Waals surface area contributed by atoms with E-state index in [0.717, 1.165) is 22.2 Å². The molecule has 0 aliphatic carbocycles. The maximum atomic E-state index is 12.3. The number of carbonyl (C=O) groups is 2.